The van der Waals surface area contributed by atoms with E-state index < -0.39 is 0 Å². The average Bonchev–Trinajstić information content (AvgIpc) is 2.57. The van der Waals surface area contributed by atoms with Crippen LogP contribution in [-0.4, -0.2) is 83.8 Å². The van der Waals surface area contributed by atoms with Gasteiger partial charge in [-0.25, -0.2) is 0 Å². The van der Waals surface area contributed by atoms with E-state index in [4.69, 9.17) is 24.7 Å². The number of ether oxygens (including phenoxy) is 4. The summed E-state index contributed by atoms with van der Waals surface area (Å²) in [5.41, 5.74) is 5.39. The van der Waals surface area contributed by atoms with Gasteiger partial charge in [-0.15, -0.1) is 0 Å². The van der Waals surface area contributed by atoms with Crippen molar-refractivity contribution >= 4 is 5.91 Å². The summed E-state index contributed by atoms with van der Waals surface area (Å²) in [6.45, 7) is 7.81. The molecule has 0 rings (SSSR count). The van der Waals surface area contributed by atoms with Gasteiger partial charge >= 0.3 is 0 Å². The highest BCUT2D eigenvalue weighted by Gasteiger charge is 2.04. The fraction of sp³-hybridized carbons (Fsp3) is 0.938. The second-order valence-corrected chi connectivity index (χ2v) is 5.11. The summed E-state index contributed by atoms with van der Waals surface area (Å²) in [4.78, 5) is 13.0. The first-order chi connectivity index (χ1) is 11.2. The third kappa shape index (κ3) is 15.9. The van der Waals surface area contributed by atoms with Crippen LogP contribution in [-0.2, 0) is 23.7 Å². The molecule has 0 spiro atoms. The lowest BCUT2D eigenvalue weighted by molar-refractivity contribution is -0.130. The quantitative estimate of drug-likeness (QED) is 0.394. The number of likely N-dealkylation sites (N-methyl/N-ethyl adjacent to an activating group) is 1. The fourth-order valence-corrected chi connectivity index (χ4v) is 1.71. The summed E-state index contributed by atoms with van der Waals surface area (Å²) in [5.74, 6) is 0.130. The summed E-state index contributed by atoms with van der Waals surface area (Å²) in [5, 5.41) is 0. The van der Waals surface area contributed by atoms with Crippen molar-refractivity contribution in [1.82, 2.24) is 4.90 Å². The van der Waals surface area contributed by atoms with Gasteiger partial charge in [0.05, 0.1) is 46.2 Å². The molecule has 0 aromatic rings. The maximum absolute atomic E-state index is 11.3. The Morgan fingerprint density at radius 1 is 0.826 bits per heavy atom. The Hall–Kier alpha value is -0.730. The van der Waals surface area contributed by atoms with E-state index in [1.807, 2.05) is 6.92 Å². The average molecular weight is 334 g/mol. The van der Waals surface area contributed by atoms with Gasteiger partial charge in [0.2, 0.25) is 5.91 Å². The van der Waals surface area contributed by atoms with Crippen LogP contribution >= 0.6 is 0 Å². The molecular formula is C16H34N2O5. The maximum Gasteiger partial charge on any atom is 0.222 e. The molecule has 0 heterocycles. The molecule has 0 aromatic carbocycles. The predicted molar refractivity (Wildman–Crippen MR) is 89.5 cm³/mol. The summed E-state index contributed by atoms with van der Waals surface area (Å²) in [6.07, 6.45) is 2.53. The Kier molecular flexibility index (Phi) is 17.1. The van der Waals surface area contributed by atoms with Crippen molar-refractivity contribution in [3.63, 3.8) is 0 Å². The van der Waals surface area contributed by atoms with Gasteiger partial charge in [0.15, 0.2) is 0 Å². The molecule has 0 atom stereocenters. The van der Waals surface area contributed by atoms with E-state index in [9.17, 15) is 4.79 Å². The number of carbonyl (C=O) groups excluding carboxylic acids is 1. The van der Waals surface area contributed by atoms with Crippen LogP contribution in [0.25, 0.3) is 0 Å². The lowest BCUT2D eigenvalue weighted by Gasteiger charge is -2.16. The van der Waals surface area contributed by atoms with Crippen LogP contribution in [0.4, 0.5) is 0 Å². The van der Waals surface area contributed by atoms with Crippen LogP contribution in [0, 0.1) is 0 Å². The van der Waals surface area contributed by atoms with Gasteiger partial charge in [0.25, 0.3) is 0 Å². The van der Waals surface area contributed by atoms with Gasteiger partial charge in [-0.05, 0) is 19.4 Å². The number of carbonyl (C=O) groups is 1. The monoisotopic (exact) mass is 334 g/mol. The zero-order valence-corrected chi connectivity index (χ0v) is 14.8. The molecule has 1 amide bonds. The van der Waals surface area contributed by atoms with E-state index >= 15 is 0 Å². The Bertz CT molecular complexity index is 267. The third-order valence-electron chi connectivity index (χ3n) is 3.16. The summed E-state index contributed by atoms with van der Waals surface area (Å²) < 4.78 is 21.5. The minimum atomic E-state index is 0.130. The largest absolute Gasteiger partial charge is 0.379 e. The Labute approximate surface area is 140 Å². The molecular weight excluding hydrogens is 300 g/mol. The van der Waals surface area contributed by atoms with Crippen LogP contribution in [0.3, 0.4) is 0 Å². The molecule has 7 nitrogen and oxygen atoms in total. The minimum absolute atomic E-state index is 0.130. The molecule has 138 valence electrons. The van der Waals surface area contributed by atoms with Crippen molar-refractivity contribution in [2.45, 2.75) is 26.2 Å². The Balaban J connectivity index is 3.09. The van der Waals surface area contributed by atoms with Gasteiger partial charge in [0.1, 0.15) is 0 Å². The van der Waals surface area contributed by atoms with E-state index in [0.717, 1.165) is 19.4 Å². The number of amides is 1. The van der Waals surface area contributed by atoms with Crippen LogP contribution in [0.1, 0.15) is 26.2 Å². The van der Waals surface area contributed by atoms with Gasteiger partial charge in [-0.2, -0.15) is 0 Å². The van der Waals surface area contributed by atoms with Crippen molar-refractivity contribution < 1.29 is 23.7 Å². The first-order valence-electron chi connectivity index (χ1n) is 8.47. The van der Waals surface area contributed by atoms with Gasteiger partial charge in [-0.3, -0.25) is 4.79 Å². The van der Waals surface area contributed by atoms with Crippen LogP contribution in [0.5, 0.6) is 0 Å². The van der Waals surface area contributed by atoms with Crippen molar-refractivity contribution in [2.75, 3.05) is 73.0 Å². The fourth-order valence-electron chi connectivity index (χ4n) is 1.71. The molecule has 0 fully saturated rings. The summed E-state index contributed by atoms with van der Waals surface area (Å²) in [6, 6.07) is 0. The molecule has 0 aliphatic heterocycles. The zero-order chi connectivity index (χ0) is 17.2. The smallest absolute Gasteiger partial charge is 0.222 e. The molecule has 0 saturated carbocycles. The van der Waals surface area contributed by atoms with Crippen molar-refractivity contribution in [1.29, 1.82) is 0 Å². The standard InChI is InChI=1S/C16H34N2O5/c1-3-16(19)18(2)7-9-21-11-13-23-15-14-22-12-10-20-8-5-4-6-17/h3-15,17H2,1-2H3. The number of hydrogen-bond acceptors (Lipinski definition) is 6. The normalized spacial score (nSPS) is 10.9. The summed E-state index contributed by atoms with van der Waals surface area (Å²) in [7, 11) is 1.78. The highest BCUT2D eigenvalue weighted by molar-refractivity contribution is 5.75. The molecule has 0 aromatic heterocycles. The highest BCUT2D eigenvalue weighted by atomic mass is 16.6. The third-order valence-corrected chi connectivity index (χ3v) is 3.16. The van der Waals surface area contributed by atoms with E-state index in [0.29, 0.717) is 65.8 Å². The van der Waals surface area contributed by atoms with Crippen LogP contribution in [0.15, 0.2) is 0 Å². The van der Waals surface area contributed by atoms with E-state index in [-0.39, 0.29) is 5.91 Å². The lowest BCUT2D eigenvalue weighted by atomic mass is 10.3. The number of unbranched alkanes of at least 4 members (excludes halogenated alkanes) is 1. The minimum Gasteiger partial charge on any atom is -0.379 e. The van der Waals surface area contributed by atoms with Crippen molar-refractivity contribution in [3.05, 3.63) is 0 Å². The molecule has 2 N–H and O–H groups in total. The zero-order valence-electron chi connectivity index (χ0n) is 14.8. The molecule has 0 aliphatic rings. The van der Waals surface area contributed by atoms with Crippen LogP contribution < -0.4 is 5.73 Å². The topological polar surface area (TPSA) is 83.2 Å². The second kappa shape index (κ2) is 17.6. The van der Waals surface area contributed by atoms with Gasteiger partial charge < -0.3 is 29.6 Å². The van der Waals surface area contributed by atoms with Crippen LogP contribution in [0.2, 0.25) is 0 Å². The molecule has 7 heteroatoms. The number of nitrogens with zero attached hydrogens (tertiary/aromatic N) is 1. The Morgan fingerprint density at radius 3 is 1.78 bits per heavy atom. The highest BCUT2D eigenvalue weighted by Crippen LogP contribution is 1.90. The molecule has 0 bridgehead atoms. The number of rotatable bonds is 17. The van der Waals surface area contributed by atoms with Gasteiger partial charge in [-0.1, -0.05) is 6.92 Å². The van der Waals surface area contributed by atoms with E-state index in [1.165, 1.54) is 0 Å². The first kappa shape index (κ1) is 22.3. The van der Waals surface area contributed by atoms with Crippen molar-refractivity contribution in [3.8, 4) is 0 Å². The first-order valence-corrected chi connectivity index (χ1v) is 8.47. The molecule has 0 radical (unpaired) electrons. The number of hydrogen-bond donors (Lipinski definition) is 1. The molecule has 0 aliphatic carbocycles. The van der Waals surface area contributed by atoms with Crippen molar-refractivity contribution in [2.24, 2.45) is 5.73 Å². The number of nitrogens with two attached hydrogens (primary N) is 1. The Morgan fingerprint density at radius 2 is 1.30 bits per heavy atom. The summed E-state index contributed by atoms with van der Waals surface area (Å²) >= 11 is 0. The SMILES string of the molecule is CCC(=O)N(C)CCOCCOCCOCCOCCCCN. The lowest BCUT2D eigenvalue weighted by Crippen LogP contribution is -2.29. The predicted octanol–water partition coefficient (Wildman–Crippen LogP) is 0.660. The maximum atomic E-state index is 11.3. The molecule has 0 saturated heterocycles. The second-order valence-electron chi connectivity index (χ2n) is 5.11. The molecule has 0 unspecified atom stereocenters. The molecule has 23 heavy (non-hydrogen) atoms. The van der Waals surface area contributed by atoms with Gasteiger partial charge in [0, 0.05) is 26.6 Å². The van der Waals surface area contributed by atoms with E-state index in [2.05, 4.69) is 0 Å². The van der Waals surface area contributed by atoms with E-state index in [1.54, 1.807) is 11.9 Å².